The van der Waals surface area contributed by atoms with Gasteiger partial charge in [0.25, 0.3) is 0 Å². The van der Waals surface area contributed by atoms with E-state index in [1.165, 1.54) is 18.1 Å². The third-order valence-corrected chi connectivity index (χ3v) is 3.57. The Hall–Kier alpha value is -0.410. The van der Waals surface area contributed by atoms with Crippen molar-refractivity contribution in [3.05, 3.63) is 34.1 Å². The highest BCUT2D eigenvalue weighted by Gasteiger charge is 2.27. The fraction of sp³-hybridized carbons (Fsp3) is 0.455. The average molecular weight is 258 g/mol. The van der Waals surface area contributed by atoms with E-state index >= 15 is 0 Å². The van der Waals surface area contributed by atoms with Gasteiger partial charge in [-0.2, -0.15) is 0 Å². The van der Waals surface area contributed by atoms with Gasteiger partial charge < -0.3 is 5.73 Å². The van der Waals surface area contributed by atoms with E-state index in [9.17, 15) is 4.39 Å². The second-order valence-corrected chi connectivity index (χ2v) is 4.81. The van der Waals surface area contributed by atoms with Crippen LogP contribution >= 0.6 is 15.9 Å². The molecule has 2 N–H and O–H groups in total. The first-order valence-corrected chi connectivity index (χ1v) is 5.65. The number of hydrogen-bond donors (Lipinski definition) is 1. The molecule has 1 nitrogen and oxygen atoms in total. The van der Waals surface area contributed by atoms with Crippen LogP contribution < -0.4 is 5.73 Å². The zero-order chi connectivity index (χ0) is 10.1. The van der Waals surface area contributed by atoms with Crippen molar-refractivity contribution in [1.29, 1.82) is 0 Å². The Labute approximate surface area is 91.6 Å². The van der Waals surface area contributed by atoms with Gasteiger partial charge in [0.1, 0.15) is 5.82 Å². The maximum absolute atomic E-state index is 12.9. The Balaban J connectivity index is 2.06. The van der Waals surface area contributed by atoms with Crippen LogP contribution in [0.3, 0.4) is 0 Å². The summed E-state index contributed by atoms with van der Waals surface area (Å²) < 4.78 is 13.5. The van der Waals surface area contributed by atoms with Gasteiger partial charge in [0, 0.05) is 6.04 Å². The molecule has 1 aromatic carbocycles. The minimum Gasteiger partial charge on any atom is -0.327 e. The van der Waals surface area contributed by atoms with E-state index in [-0.39, 0.29) is 5.82 Å². The largest absolute Gasteiger partial charge is 0.327 e. The second-order valence-electron chi connectivity index (χ2n) is 3.95. The Kier molecular flexibility index (Phi) is 2.88. The molecule has 0 aliphatic heterocycles. The highest BCUT2D eigenvalue weighted by molar-refractivity contribution is 9.10. The summed E-state index contributed by atoms with van der Waals surface area (Å²) in [6.07, 6.45) is 3.31. The molecule has 2 rings (SSSR count). The van der Waals surface area contributed by atoms with Gasteiger partial charge in [0.05, 0.1) is 4.47 Å². The summed E-state index contributed by atoms with van der Waals surface area (Å²) in [7, 11) is 0. The van der Waals surface area contributed by atoms with E-state index < -0.39 is 0 Å². The van der Waals surface area contributed by atoms with Crippen molar-refractivity contribution in [1.82, 2.24) is 0 Å². The van der Waals surface area contributed by atoms with Crippen LogP contribution in [-0.2, 0) is 6.42 Å². The van der Waals surface area contributed by atoms with Gasteiger partial charge in [-0.25, -0.2) is 4.39 Å². The highest BCUT2D eigenvalue weighted by atomic mass is 79.9. The maximum atomic E-state index is 12.9. The molecule has 1 fully saturated rings. The first kappa shape index (κ1) is 10.1. The van der Waals surface area contributed by atoms with Crippen LogP contribution in [0.4, 0.5) is 4.39 Å². The van der Waals surface area contributed by atoms with E-state index in [1.807, 2.05) is 12.1 Å². The van der Waals surface area contributed by atoms with Crippen LogP contribution in [-0.4, -0.2) is 6.04 Å². The molecule has 0 radical (unpaired) electrons. The summed E-state index contributed by atoms with van der Waals surface area (Å²) in [4.78, 5) is 0. The van der Waals surface area contributed by atoms with E-state index in [0.29, 0.717) is 16.4 Å². The number of halogens is 2. The molecule has 1 aliphatic rings. The normalized spacial score (nSPS) is 25.9. The molecule has 0 heterocycles. The summed E-state index contributed by atoms with van der Waals surface area (Å²) >= 11 is 3.18. The molecule has 1 saturated carbocycles. The van der Waals surface area contributed by atoms with Crippen LogP contribution in [0.5, 0.6) is 0 Å². The molecular formula is C11H13BrFN. The Morgan fingerprint density at radius 2 is 2.21 bits per heavy atom. The number of rotatable bonds is 2. The standard InChI is InChI=1S/C11H13BrFN/c12-9-6-7(1-3-10(9)13)5-8-2-4-11(8)14/h1,3,6,8,11H,2,4-5,14H2. The molecule has 3 heteroatoms. The van der Waals surface area contributed by atoms with E-state index in [2.05, 4.69) is 15.9 Å². The molecule has 2 atom stereocenters. The van der Waals surface area contributed by atoms with Crippen LogP contribution in [0.1, 0.15) is 18.4 Å². The van der Waals surface area contributed by atoms with Gasteiger partial charge in [-0.05, 0) is 58.8 Å². The van der Waals surface area contributed by atoms with Crippen molar-refractivity contribution in [3.63, 3.8) is 0 Å². The molecule has 0 spiro atoms. The van der Waals surface area contributed by atoms with Gasteiger partial charge in [-0.15, -0.1) is 0 Å². The lowest BCUT2D eigenvalue weighted by molar-refractivity contribution is 0.256. The molecule has 14 heavy (non-hydrogen) atoms. The Bertz CT molecular complexity index is 340. The maximum Gasteiger partial charge on any atom is 0.137 e. The number of nitrogens with two attached hydrogens (primary N) is 1. The molecule has 0 aromatic heterocycles. The van der Waals surface area contributed by atoms with E-state index in [1.54, 1.807) is 0 Å². The van der Waals surface area contributed by atoms with Gasteiger partial charge in [-0.1, -0.05) is 6.07 Å². The molecular weight excluding hydrogens is 245 g/mol. The summed E-state index contributed by atoms with van der Waals surface area (Å²) in [6.45, 7) is 0. The minimum absolute atomic E-state index is 0.202. The summed E-state index contributed by atoms with van der Waals surface area (Å²) in [5.74, 6) is 0.388. The molecule has 0 saturated heterocycles. The average Bonchev–Trinajstić information content (AvgIpc) is 2.17. The smallest absolute Gasteiger partial charge is 0.137 e. The van der Waals surface area contributed by atoms with Gasteiger partial charge in [0.2, 0.25) is 0 Å². The quantitative estimate of drug-likeness (QED) is 0.867. The van der Waals surface area contributed by atoms with E-state index in [4.69, 9.17) is 5.73 Å². The minimum atomic E-state index is -0.202. The van der Waals surface area contributed by atoms with E-state index in [0.717, 1.165) is 12.8 Å². The van der Waals surface area contributed by atoms with Gasteiger partial charge in [-0.3, -0.25) is 0 Å². The first-order valence-electron chi connectivity index (χ1n) is 4.86. The van der Waals surface area contributed by atoms with Crippen LogP contribution in [0.2, 0.25) is 0 Å². The molecule has 0 bridgehead atoms. The predicted molar refractivity (Wildman–Crippen MR) is 58.5 cm³/mol. The fourth-order valence-corrected chi connectivity index (χ4v) is 2.24. The number of hydrogen-bond acceptors (Lipinski definition) is 1. The first-order chi connectivity index (χ1) is 6.66. The van der Waals surface area contributed by atoms with Crippen LogP contribution in [0.15, 0.2) is 22.7 Å². The predicted octanol–water partition coefficient (Wildman–Crippen LogP) is 2.87. The lowest BCUT2D eigenvalue weighted by atomic mass is 9.76. The second kappa shape index (κ2) is 3.99. The van der Waals surface area contributed by atoms with Crippen molar-refractivity contribution in [2.24, 2.45) is 11.7 Å². The summed E-state index contributed by atoms with van der Waals surface area (Å²) in [6, 6.07) is 5.54. The van der Waals surface area contributed by atoms with Crippen molar-refractivity contribution in [3.8, 4) is 0 Å². The lowest BCUT2D eigenvalue weighted by Gasteiger charge is -2.33. The third-order valence-electron chi connectivity index (χ3n) is 2.96. The number of benzene rings is 1. The SMILES string of the molecule is NC1CCC1Cc1ccc(F)c(Br)c1. The zero-order valence-corrected chi connectivity index (χ0v) is 9.43. The molecule has 1 aromatic rings. The fourth-order valence-electron chi connectivity index (χ4n) is 1.82. The molecule has 1 aliphatic carbocycles. The highest BCUT2D eigenvalue weighted by Crippen LogP contribution is 2.29. The van der Waals surface area contributed by atoms with Gasteiger partial charge in [0.15, 0.2) is 0 Å². The van der Waals surface area contributed by atoms with Crippen molar-refractivity contribution in [2.75, 3.05) is 0 Å². The molecule has 76 valence electrons. The van der Waals surface area contributed by atoms with Gasteiger partial charge >= 0.3 is 0 Å². The van der Waals surface area contributed by atoms with Crippen molar-refractivity contribution in [2.45, 2.75) is 25.3 Å². The topological polar surface area (TPSA) is 26.0 Å². The van der Waals surface area contributed by atoms with Crippen molar-refractivity contribution < 1.29 is 4.39 Å². The Morgan fingerprint density at radius 3 is 2.71 bits per heavy atom. The monoisotopic (exact) mass is 257 g/mol. The van der Waals surface area contributed by atoms with Crippen LogP contribution in [0.25, 0.3) is 0 Å². The summed E-state index contributed by atoms with van der Waals surface area (Å²) in [5.41, 5.74) is 7.02. The van der Waals surface area contributed by atoms with Crippen LogP contribution in [0, 0.1) is 11.7 Å². The Morgan fingerprint density at radius 1 is 1.43 bits per heavy atom. The van der Waals surface area contributed by atoms with Crippen molar-refractivity contribution >= 4 is 15.9 Å². The third kappa shape index (κ3) is 1.98. The molecule has 0 amide bonds. The zero-order valence-electron chi connectivity index (χ0n) is 7.84. The molecule has 2 unspecified atom stereocenters. The summed E-state index contributed by atoms with van der Waals surface area (Å²) in [5, 5.41) is 0. The lowest BCUT2D eigenvalue weighted by Crippen LogP contribution is -2.40.